The van der Waals surface area contributed by atoms with Crippen molar-refractivity contribution in [2.75, 3.05) is 5.32 Å². The molecule has 0 aliphatic rings. The van der Waals surface area contributed by atoms with Crippen molar-refractivity contribution in [2.24, 2.45) is 0 Å². The van der Waals surface area contributed by atoms with Gasteiger partial charge < -0.3 is 14.2 Å². The lowest BCUT2D eigenvalue weighted by molar-refractivity contribution is 0.102. The first kappa shape index (κ1) is 21.0. The Morgan fingerprint density at radius 1 is 1.09 bits per heavy atom. The van der Waals surface area contributed by atoms with Gasteiger partial charge in [-0.25, -0.2) is 9.97 Å². The monoisotopic (exact) mass is 455 g/mol. The third kappa shape index (κ3) is 4.38. The Morgan fingerprint density at radius 2 is 1.94 bits per heavy atom. The Balaban J connectivity index is 1.30. The molecule has 4 heterocycles. The van der Waals surface area contributed by atoms with Crippen LogP contribution >= 0.6 is 11.8 Å². The van der Waals surface area contributed by atoms with E-state index in [0.29, 0.717) is 22.0 Å². The number of amides is 1. The summed E-state index contributed by atoms with van der Waals surface area (Å²) >= 11 is 1.49. The second-order valence-electron chi connectivity index (χ2n) is 7.57. The van der Waals surface area contributed by atoms with Gasteiger partial charge >= 0.3 is 0 Å². The van der Waals surface area contributed by atoms with E-state index < -0.39 is 0 Å². The number of carbonyl (C=O) groups excluding carboxylic acids is 1. The molecule has 4 aromatic heterocycles. The van der Waals surface area contributed by atoms with Crippen LogP contribution in [0.1, 0.15) is 27.4 Å². The molecule has 5 rings (SSSR count). The Kier molecular flexibility index (Phi) is 5.66. The van der Waals surface area contributed by atoms with Crippen molar-refractivity contribution in [1.82, 2.24) is 19.5 Å². The number of imidazole rings is 1. The van der Waals surface area contributed by atoms with E-state index in [2.05, 4.69) is 20.4 Å². The number of anilines is 1. The number of benzene rings is 1. The second-order valence-corrected chi connectivity index (χ2v) is 8.54. The fraction of sp³-hybridized carbons (Fsp3) is 0.120. The van der Waals surface area contributed by atoms with Crippen molar-refractivity contribution >= 4 is 29.0 Å². The SMILES string of the molecule is Cc1noc(C)c1CSc1ncccc1C(=O)Nc1ccc(-c2cn3ccccc3n2)cc1. The molecule has 164 valence electrons. The zero-order valence-corrected chi connectivity index (χ0v) is 19.0. The summed E-state index contributed by atoms with van der Waals surface area (Å²) in [6.07, 6.45) is 5.65. The van der Waals surface area contributed by atoms with E-state index >= 15 is 0 Å². The van der Waals surface area contributed by atoms with Gasteiger partial charge in [0.15, 0.2) is 0 Å². The Labute approximate surface area is 194 Å². The molecule has 1 amide bonds. The number of aryl methyl sites for hydroxylation is 2. The first-order valence-electron chi connectivity index (χ1n) is 10.4. The number of rotatable bonds is 6. The highest BCUT2D eigenvalue weighted by Gasteiger charge is 2.16. The molecule has 0 unspecified atom stereocenters. The normalized spacial score (nSPS) is 11.1. The summed E-state index contributed by atoms with van der Waals surface area (Å²) in [4.78, 5) is 22.0. The molecule has 0 radical (unpaired) electrons. The lowest BCUT2D eigenvalue weighted by Crippen LogP contribution is -2.13. The molecule has 33 heavy (non-hydrogen) atoms. The number of hydrogen-bond donors (Lipinski definition) is 1. The highest BCUT2D eigenvalue weighted by Crippen LogP contribution is 2.28. The quantitative estimate of drug-likeness (QED) is 0.338. The van der Waals surface area contributed by atoms with Gasteiger partial charge in [-0.1, -0.05) is 23.4 Å². The van der Waals surface area contributed by atoms with Gasteiger partial charge in [-0.15, -0.1) is 11.8 Å². The molecule has 0 saturated carbocycles. The van der Waals surface area contributed by atoms with Crippen LogP contribution in [0.2, 0.25) is 0 Å². The number of pyridine rings is 2. The number of aromatic nitrogens is 4. The van der Waals surface area contributed by atoms with E-state index in [0.717, 1.165) is 33.9 Å². The third-order valence-electron chi connectivity index (χ3n) is 5.35. The fourth-order valence-electron chi connectivity index (χ4n) is 3.52. The molecule has 7 nitrogen and oxygen atoms in total. The summed E-state index contributed by atoms with van der Waals surface area (Å²) in [7, 11) is 0. The van der Waals surface area contributed by atoms with Crippen LogP contribution in [-0.4, -0.2) is 25.4 Å². The molecule has 5 aromatic rings. The van der Waals surface area contributed by atoms with Crippen molar-refractivity contribution < 1.29 is 9.32 Å². The average Bonchev–Trinajstić information content (AvgIpc) is 3.41. The Hall–Kier alpha value is -3.91. The van der Waals surface area contributed by atoms with Crippen LogP contribution in [0.4, 0.5) is 5.69 Å². The van der Waals surface area contributed by atoms with Gasteiger partial charge in [-0.3, -0.25) is 4.79 Å². The predicted molar refractivity (Wildman–Crippen MR) is 128 cm³/mol. The molecule has 0 bridgehead atoms. The maximum Gasteiger partial charge on any atom is 0.258 e. The predicted octanol–water partition coefficient (Wildman–Crippen LogP) is 5.55. The lowest BCUT2D eigenvalue weighted by Gasteiger charge is -2.09. The minimum absolute atomic E-state index is 0.204. The highest BCUT2D eigenvalue weighted by atomic mass is 32.2. The van der Waals surface area contributed by atoms with Crippen LogP contribution in [0.15, 0.2) is 82.7 Å². The summed E-state index contributed by atoms with van der Waals surface area (Å²) in [5.74, 6) is 1.21. The van der Waals surface area contributed by atoms with Crippen molar-refractivity contribution in [1.29, 1.82) is 0 Å². The van der Waals surface area contributed by atoms with Crippen molar-refractivity contribution in [3.63, 3.8) is 0 Å². The zero-order valence-electron chi connectivity index (χ0n) is 18.1. The van der Waals surface area contributed by atoms with Crippen molar-refractivity contribution in [3.8, 4) is 11.3 Å². The molecule has 8 heteroatoms. The number of nitrogens with one attached hydrogen (secondary N) is 1. The maximum absolute atomic E-state index is 13.0. The Morgan fingerprint density at radius 3 is 2.70 bits per heavy atom. The molecule has 0 atom stereocenters. The van der Waals surface area contributed by atoms with Crippen LogP contribution in [0, 0.1) is 13.8 Å². The molecular formula is C25H21N5O2S. The van der Waals surface area contributed by atoms with E-state index in [1.165, 1.54) is 11.8 Å². The second kappa shape index (κ2) is 8.91. The van der Waals surface area contributed by atoms with Crippen LogP contribution in [0.5, 0.6) is 0 Å². The lowest BCUT2D eigenvalue weighted by atomic mass is 10.1. The average molecular weight is 456 g/mol. The highest BCUT2D eigenvalue weighted by molar-refractivity contribution is 7.98. The first-order chi connectivity index (χ1) is 16.1. The molecule has 0 fully saturated rings. The number of hydrogen-bond acceptors (Lipinski definition) is 6. The third-order valence-corrected chi connectivity index (χ3v) is 6.38. The van der Waals surface area contributed by atoms with Crippen molar-refractivity contribution in [3.05, 3.63) is 95.8 Å². The number of nitrogens with zero attached hydrogens (tertiary/aromatic N) is 4. The standard InChI is InChI=1S/C25H21N5O2S/c1-16-21(17(2)32-29-16)15-33-25-20(6-5-12-26-25)24(31)27-19-10-8-18(9-11-19)22-14-30-13-4-3-7-23(30)28-22/h3-14H,15H2,1-2H3,(H,27,31). The largest absolute Gasteiger partial charge is 0.361 e. The van der Waals surface area contributed by atoms with E-state index in [4.69, 9.17) is 4.52 Å². The summed E-state index contributed by atoms with van der Waals surface area (Å²) in [5, 5.41) is 7.62. The minimum atomic E-state index is -0.204. The minimum Gasteiger partial charge on any atom is -0.361 e. The molecule has 1 N–H and O–H groups in total. The van der Waals surface area contributed by atoms with Gasteiger partial charge in [0.2, 0.25) is 0 Å². The summed E-state index contributed by atoms with van der Waals surface area (Å²) < 4.78 is 7.21. The fourth-order valence-corrected chi connectivity index (χ4v) is 4.67. The molecule has 1 aromatic carbocycles. The topological polar surface area (TPSA) is 85.3 Å². The number of fused-ring (bicyclic) bond motifs is 1. The molecule has 0 saturated heterocycles. The van der Waals surface area contributed by atoms with Gasteiger partial charge in [0.05, 0.1) is 17.0 Å². The van der Waals surface area contributed by atoms with E-state index in [1.807, 2.05) is 73.1 Å². The van der Waals surface area contributed by atoms with E-state index in [-0.39, 0.29) is 5.91 Å². The summed E-state index contributed by atoms with van der Waals surface area (Å²) in [5.41, 5.74) is 5.87. The van der Waals surface area contributed by atoms with Crippen LogP contribution < -0.4 is 5.32 Å². The maximum atomic E-state index is 13.0. The van der Waals surface area contributed by atoms with Gasteiger partial charge in [-0.05, 0) is 50.2 Å². The van der Waals surface area contributed by atoms with Crippen LogP contribution in [0.25, 0.3) is 16.9 Å². The van der Waals surface area contributed by atoms with Gasteiger partial charge in [0, 0.05) is 41.2 Å². The molecule has 0 aliphatic carbocycles. The molecule has 0 spiro atoms. The summed E-state index contributed by atoms with van der Waals surface area (Å²) in [6, 6.07) is 17.1. The molecular weight excluding hydrogens is 434 g/mol. The van der Waals surface area contributed by atoms with E-state index in [9.17, 15) is 4.79 Å². The number of carbonyl (C=O) groups is 1. The first-order valence-corrected chi connectivity index (χ1v) is 11.4. The number of thioether (sulfide) groups is 1. The summed E-state index contributed by atoms with van der Waals surface area (Å²) in [6.45, 7) is 3.80. The zero-order chi connectivity index (χ0) is 22.8. The van der Waals surface area contributed by atoms with Gasteiger partial charge in [-0.2, -0.15) is 0 Å². The van der Waals surface area contributed by atoms with E-state index in [1.54, 1.807) is 18.3 Å². The molecule has 0 aliphatic heterocycles. The van der Waals surface area contributed by atoms with Crippen molar-refractivity contribution in [2.45, 2.75) is 24.6 Å². The van der Waals surface area contributed by atoms with Crippen LogP contribution in [-0.2, 0) is 5.75 Å². The van der Waals surface area contributed by atoms with Gasteiger partial charge in [0.25, 0.3) is 5.91 Å². The van der Waals surface area contributed by atoms with Gasteiger partial charge in [0.1, 0.15) is 16.4 Å². The van der Waals surface area contributed by atoms with Crippen LogP contribution in [0.3, 0.4) is 0 Å². The Bertz CT molecular complexity index is 1390. The smallest absolute Gasteiger partial charge is 0.258 e.